The quantitative estimate of drug-likeness (QED) is 0.526. The molecule has 1 aliphatic heterocycles. The van der Waals surface area contributed by atoms with Crippen LogP contribution in [0.5, 0.6) is 0 Å². The first kappa shape index (κ1) is 16.5. The van der Waals surface area contributed by atoms with Crippen LogP contribution in [0.15, 0.2) is 57.8 Å². The average molecular weight is 309 g/mol. The maximum absolute atomic E-state index is 12.0. The zero-order valence-electron chi connectivity index (χ0n) is 13.5. The van der Waals surface area contributed by atoms with Gasteiger partial charge in [0.05, 0.1) is 12.1 Å². The van der Waals surface area contributed by atoms with Gasteiger partial charge in [0.1, 0.15) is 5.84 Å². The molecule has 0 fully saturated rings. The number of nitrogens with zero attached hydrogens (tertiary/aromatic N) is 4. The Hall–Kier alpha value is -2.89. The van der Waals surface area contributed by atoms with Crippen LogP contribution in [0.4, 0.5) is 0 Å². The molecule has 0 bridgehead atoms. The highest BCUT2D eigenvalue weighted by Crippen LogP contribution is 2.10. The Bertz CT molecular complexity index is 739. The second kappa shape index (κ2) is 7.40. The molecule has 1 aromatic rings. The van der Waals surface area contributed by atoms with E-state index in [-0.39, 0.29) is 5.91 Å². The Morgan fingerprint density at radius 3 is 2.78 bits per heavy atom. The summed E-state index contributed by atoms with van der Waals surface area (Å²) >= 11 is 0. The fourth-order valence-corrected chi connectivity index (χ4v) is 1.80. The maximum atomic E-state index is 12.0. The summed E-state index contributed by atoms with van der Waals surface area (Å²) in [5.41, 5.74) is 3.77. The minimum Gasteiger partial charge on any atom is -0.308 e. The van der Waals surface area contributed by atoms with Gasteiger partial charge in [0.2, 0.25) is 0 Å². The van der Waals surface area contributed by atoms with Gasteiger partial charge in [0.15, 0.2) is 0 Å². The summed E-state index contributed by atoms with van der Waals surface area (Å²) in [6.07, 6.45) is 5.57. The van der Waals surface area contributed by atoms with E-state index in [0.717, 1.165) is 22.7 Å². The van der Waals surface area contributed by atoms with E-state index in [1.165, 1.54) is 0 Å². The van der Waals surface area contributed by atoms with Crippen LogP contribution in [0.3, 0.4) is 0 Å². The molecule has 2 heterocycles. The van der Waals surface area contributed by atoms with Gasteiger partial charge in [0, 0.05) is 35.8 Å². The lowest BCUT2D eigenvalue weighted by Crippen LogP contribution is -2.31. The highest BCUT2D eigenvalue weighted by Gasteiger charge is 2.17. The third-order valence-electron chi connectivity index (χ3n) is 3.30. The van der Waals surface area contributed by atoms with Gasteiger partial charge < -0.3 is 5.32 Å². The number of aliphatic imine (C=N–C) groups is 1. The van der Waals surface area contributed by atoms with E-state index >= 15 is 0 Å². The van der Waals surface area contributed by atoms with Gasteiger partial charge in [0.25, 0.3) is 5.91 Å². The number of aromatic nitrogens is 1. The summed E-state index contributed by atoms with van der Waals surface area (Å²) < 4.78 is 0. The lowest BCUT2D eigenvalue weighted by Gasteiger charge is -2.04. The van der Waals surface area contributed by atoms with Crippen molar-refractivity contribution in [1.82, 2.24) is 10.3 Å². The number of nitrogens with one attached hydrogen (secondary N) is 1. The van der Waals surface area contributed by atoms with Crippen LogP contribution in [0.25, 0.3) is 0 Å². The van der Waals surface area contributed by atoms with Crippen LogP contribution < -0.4 is 5.32 Å². The van der Waals surface area contributed by atoms with Gasteiger partial charge in [-0.05, 0) is 38.1 Å². The highest BCUT2D eigenvalue weighted by atomic mass is 16.1. The van der Waals surface area contributed by atoms with E-state index in [1.54, 1.807) is 25.4 Å². The number of hydrogen-bond acceptors (Lipinski definition) is 5. The average Bonchev–Trinajstić information content (AvgIpc) is 3.01. The van der Waals surface area contributed by atoms with Crippen molar-refractivity contribution in [2.75, 3.05) is 7.05 Å². The van der Waals surface area contributed by atoms with Crippen LogP contribution in [-0.4, -0.2) is 35.2 Å². The second-order valence-electron chi connectivity index (χ2n) is 5.14. The minimum atomic E-state index is -0.303. The van der Waals surface area contributed by atoms with E-state index in [9.17, 15) is 4.79 Å². The largest absolute Gasteiger partial charge is 0.308 e. The third kappa shape index (κ3) is 4.54. The van der Waals surface area contributed by atoms with Crippen LogP contribution in [0.2, 0.25) is 0 Å². The van der Waals surface area contributed by atoms with Crippen LogP contribution in [0, 0.1) is 6.92 Å². The molecule has 1 N–H and O–H groups in total. The van der Waals surface area contributed by atoms with Crippen molar-refractivity contribution in [2.24, 2.45) is 15.2 Å². The molecule has 0 aromatic carbocycles. The van der Waals surface area contributed by atoms with Gasteiger partial charge >= 0.3 is 0 Å². The van der Waals surface area contributed by atoms with Gasteiger partial charge in [-0.3, -0.25) is 14.8 Å². The number of carbonyl (C=O) groups excluding carboxylic acids is 1. The Morgan fingerprint density at radius 1 is 1.35 bits per heavy atom. The number of allylic oxidation sites excluding steroid dienone is 1. The summed E-state index contributed by atoms with van der Waals surface area (Å²) in [6, 6.07) is 3.86. The summed E-state index contributed by atoms with van der Waals surface area (Å²) in [7, 11) is 1.69. The fourth-order valence-electron chi connectivity index (χ4n) is 1.80. The zero-order chi connectivity index (χ0) is 16.8. The lowest BCUT2D eigenvalue weighted by atomic mass is 10.1. The number of rotatable bonds is 4. The number of amides is 1. The Balaban J connectivity index is 1.91. The lowest BCUT2D eigenvalue weighted by molar-refractivity contribution is -0.115. The van der Waals surface area contributed by atoms with Crippen LogP contribution in [0.1, 0.15) is 24.6 Å². The number of hydrogen-bond donors (Lipinski definition) is 1. The monoisotopic (exact) mass is 309 g/mol. The highest BCUT2D eigenvalue weighted by molar-refractivity contribution is 6.19. The molecule has 0 saturated heterocycles. The SMILES string of the molecule is C=C(/C=C\C(C)=NC)C(=O)NC1=NN=C(c2ccc(C)nc2)C1. The van der Waals surface area contributed by atoms with E-state index in [4.69, 9.17) is 0 Å². The molecule has 0 radical (unpaired) electrons. The molecule has 6 nitrogen and oxygen atoms in total. The topological polar surface area (TPSA) is 79.1 Å². The summed E-state index contributed by atoms with van der Waals surface area (Å²) in [5.74, 6) is 0.198. The van der Waals surface area contributed by atoms with Crippen molar-refractivity contribution in [1.29, 1.82) is 0 Å². The van der Waals surface area contributed by atoms with Crippen molar-refractivity contribution in [3.8, 4) is 0 Å². The molecule has 1 aliphatic rings. The summed E-state index contributed by atoms with van der Waals surface area (Å²) in [6.45, 7) is 7.50. The van der Waals surface area contributed by atoms with Crippen molar-refractivity contribution in [3.63, 3.8) is 0 Å². The fraction of sp³-hybridized carbons (Fsp3) is 0.235. The van der Waals surface area contributed by atoms with Gasteiger partial charge in [-0.15, -0.1) is 5.10 Å². The zero-order valence-corrected chi connectivity index (χ0v) is 13.5. The Morgan fingerprint density at radius 2 is 2.13 bits per heavy atom. The van der Waals surface area contributed by atoms with Gasteiger partial charge in [-0.1, -0.05) is 6.58 Å². The molecule has 0 spiro atoms. The third-order valence-corrected chi connectivity index (χ3v) is 3.30. The van der Waals surface area contributed by atoms with E-state index in [1.807, 2.05) is 26.0 Å². The maximum Gasteiger partial charge on any atom is 0.256 e. The number of amidine groups is 1. The molecule has 0 saturated carbocycles. The van der Waals surface area contributed by atoms with Gasteiger partial charge in [-0.25, -0.2) is 0 Å². The van der Waals surface area contributed by atoms with Crippen molar-refractivity contribution >= 4 is 23.2 Å². The molecule has 0 atom stereocenters. The second-order valence-corrected chi connectivity index (χ2v) is 5.14. The standard InChI is InChI=1S/C17H19N5O/c1-11(5-6-12(2)18-4)17(23)20-16-9-15(21-22-16)14-8-7-13(3)19-10-14/h5-8,10H,1,9H2,2-4H3,(H,20,22,23)/b6-5-,18-12?. The van der Waals surface area contributed by atoms with E-state index in [2.05, 4.69) is 32.1 Å². The Kier molecular flexibility index (Phi) is 5.30. The number of pyridine rings is 1. The number of carbonyl (C=O) groups is 1. The predicted octanol–water partition coefficient (Wildman–Crippen LogP) is 2.22. The van der Waals surface area contributed by atoms with E-state index < -0.39 is 0 Å². The number of aryl methyl sites for hydroxylation is 1. The summed E-state index contributed by atoms with van der Waals surface area (Å²) in [5, 5.41) is 10.8. The molecule has 118 valence electrons. The van der Waals surface area contributed by atoms with Crippen molar-refractivity contribution in [3.05, 3.63) is 53.9 Å². The summed E-state index contributed by atoms with van der Waals surface area (Å²) in [4.78, 5) is 20.3. The molecule has 0 unspecified atom stereocenters. The normalized spacial score (nSPS) is 14.7. The van der Waals surface area contributed by atoms with Crippen molar-refractivity contribution < 1.29 is 4.79 Å². The predicted molar refractivity (Wildman–Crippen MR) is 93.0 cm³/mol. The smallest absolute Gasteiger partial charge is 0.256 e. The molecule has 1 aromatic heterocycles. The van der Waals surface area contributed by atoms with Gasteiger partial charge in [-0.2, -0.15) is 5.10 Å². The molecule has 1 amide bonds. The van der Waals surface area contributed by atoms with Crippen LogP contribution >= 0.6 is 0 Å². The van der Waals surface area contributed by atoms with Crippen LogP contribution in [-0.2, 0) is 4.79 Å². The molecule has 2 rings (SSSR count). The molecule has 0 aliphatic carbocycles. The first-order chi connectivity index (χ1) is 11.0. The molecular formula is C17H19N5O. The van der Waals surface area contributed by atoms with Crippen molar-refractivity contribution in [2.45, 2.75) is 20.3 Å². The first-order valence-electron chi connectivity index (χ1n) is 7.17. The van der Waals surface area contributed by atoms with E-state index in [0.29, 0.717) is 17.8 Å². The molecular weight excluding hydrogens is 290 g/mol. The molecule has 23 heavy (non-hydrogen) atoms. The minimum absolute atomic E-state index is 0.303. The molecule has 6 heteroatoms. The first-order valence-corrected chi connectivity index (χ1v) is 7.17. The Labute approximate surface area is 135 Å².